The maximum atomic E-state index is 11.6. The van der Waals surface area contributed by atoms with Gasteiger partial charge >= 0.3 is 0 Å². The molecule has 0 bridgehead atoms. The fourth-order valence-electron chi connectivity index (χ4n) is 3.72. The highest BCUT2D eigenvalue weighted by atomic mass is 16.3. The van der Waals surface area contributed by atoms with Gasteiger partial charge in [-0.2, -0.15) is 0 Å². The standard InChI is InChI=1S/C20H15NO7/c1-6-7-3-2-4-10(22)11(7)16(24)12-8(6)5-9-13(17(12)25)18(26)14(20(21)28)19(27)15(9)23/h2-5,22-27H,1H3,(H2,21,28). The molecular weight excluding hydrogens is 366 g/mol. The Hall–Kier alpha value is -4.07. The van der Waals surface area contributed by atoms with Crippen molar-refractivity contribution in [3.63, 3.8) is 0 Å². The number of aryl methyl sites for hydroxylation is 1. The van der Waals surface area contributed by atoms with Gasteiger partial charge in [0.15, 0.2) is 11.5 Å². The van der Waals surface area contributed by atoms with E-state index < -0.39 is 40.2 Å². The lowest BCUT2D eigenvalue weighted by molar-refractivity contribution is 0.0994. The lowest BCUT2D eigenvalue weighted by atomic mass is 9.91. The SMILES string of the molecule is Cc1c2cccc(O)c2c(O)c2c(O)c3c(O)c(C(N)=O)c(O)c(O)c3cc12. The molecule has 8 N–H and O–H groups in total. The van der Waals surface area contributed by atoms with Gasteiger partial charge in [-0.3, -0.25) is 4.79 Å². The first kappa shape index (κ1) is 17.3. The van der Waals surface area contributed by atoms with E-state index in [1.807, 2.05) is 0 Å². The summed E-state index contributed by atoms with van der Waals surface area (Å²) in [5.41, 5.74) is 4.95. The molecule has 4 aromatic carbocycles. The summed E-state index contributed by atoms with van der Waals surface area (Å²) in [4.78, 5) is 11.6. The Balaban J connectivity index is 2.37. The number of carbonyl (C=O) groups is 1. The van der Waals surface area contributed by atoms with Gasteiger partial charge in [-0.05, 0) is 35.4 Å². The number of phenols is 6. The van der Waals surface area contributed by atoms with Crippen molar-refractivity contribution in [2.75, 3.05) is 0 Å². The summed E-state index contributed by atoms with van der Waals surface area (Å²) in [5.74, 6) is -5.04. The number of primary amides is 1. The summed E-state index contributed by atoms with van der Waals surface area (Å²) in [7, 11) is 0. The molecule has 1 amide bonds. The first-order valence-corrected chi connectivity index (χ1v) is 8.16. The van der Waals surface area contributed by atoms with Crippen LogP contribution < -0.4 is 5.73 Å². The van der Waals surface area contributed by atoms with E-state index >= 15 is 0 Å². The van der Waals surface area contributed by atoms with Crippen molar-refractivity contribution < 1.29 is 35.4 Å². The van der Waals surface area contributed by atoms with Crippen LogP contribution in [0.25, 0.3) is 32.3 Å². The van der Waals surface area contributed by atoms with E-state index in [9.17, 15) is 35.4 Å². The van der Waals surface area contributed by atoms with Crippen molar-refractivity contribution in [1.82, 2.24) is 0 Å². The van der Waals surface area contributed by atoms with Gasteiger partial charge in [0, 0.05) is 5.39 Å². The van der Waals surface area contributed by atoms with Crippen molar-refractivity contribution in [3.8, 4) is 34.5 Å². The van der Waals surface area contributed by atoms with Crippen LogP contribution in [0, 0.1) is 6.92 Å². The van der Waals surface area contributed by atoms with E-state index in [-0.39, 0.29) is 27.3 Å². The molecule has 0 aliphatic heterocycles. The molecular formula is C20H15NO7. The summed E-state index contributed by atoms with van der Waals surface area (Å²) in [5, 5.41) is 62.8. The maximum Gasteiger partial charge on any atom is 0.256 e. The Labute approximate surface area is 156 Å². The number of nitrogens with two attached hydrogens (primary N) is 1. The van der Waals surface area contributed by atoms with Gasteiger partial charge in [0.05, 0.1) is 16.2 Å². The van der Waals surface area contributed by atoms with Crippen LogP contribution in [0.3, 0.4) is 0 Å². The van der Waals surface area contributed by atoms with Crippen LogP contribution in [0.1, 0.15) is 15.9 Å². The molecule has 142 valence electrons. The summed E-state index contributed by atoms with van der Waals surface area (Å²) in [6.45, 7) is 1.68. The van der Waals surface area contributed by atoms with Gasteiger partial charge in [-0.25, -0.2) is 0 Å². The first-order valence-electron chi connectivity index (χ1n) is 8.16. The van der Waals surface area contributed by atoms with Gasteiger partial charge in [0.2, 0.25) is 0 Å². The second kappa shape index (κ2) is 5.46. The molecule has 0 saturated heterocycles. The molecule has 8 nitrogen and oxygen atoms in total. The normalized spacial score (nSPS) is 11.5. The first-order chi connectivity index (χ1) is 13.2. The molecule has 4 rings (SSSR count). The minimum Gasteiger partial charge on any atom is -0.507 e. The van der Waals surface area contributed by atoms with E-state index in [4.69, 9.17) is 5.73 Å². The molecule has 8 heteroatoms. The highest BCUT2D eigenvalue weighted by molar-refractivity contribution is 6.21. The Kier molecular flexibility index (Phi) is 3.38. The van der Waals surface area contributed by atoms with E-state index in [2.05, 4.69) is 0 Å². The van der Waals surface area contributed by atoms with Crippen LogP contribution in [-0.2, 0) is 0 Å². The molecule has 0 radical (unpaired) electrons. The number of rotatable bonds is 1. The minimum absolute atomic E-state index is 0.0970. The quantitative estimate of drug-likeness (QED) is 0.151. The zero-order chi connectivity index (χ0) is 20.5. The molecule has 0 aromatic heterocycles. The Morgan fingerprint density at radius 3 is 2.00 bits per heavy atom. The number of benzene rings is 4. The Morgan fingerprint density at radius 1 is 0.750 bits per heavy atom. The fourth-order valence-corrected chi connectivity index (χ4v) is 3.72. The molecule has 0 aliphatic carbocycles. The average Bonchev–Trinajstić information content (AvgIpc) is 2.63. The summed E-state index contributed by atoms with van der Waals surface area (Å²) >= 11 is 0. The van der Waals surface area contributed by atoms with Crippen LogP contribution in [0.2, 0.25) is 0 Å². The largest absolute Gasteiger partial charge is 0.507 e. The van der Waals surface area contributed by atoms with E-state index in [1.54, 1.807) is 19.1 Å². The van der Waals surface area contributed by atoms with Crippen molar-refractivity contribution in [2.24, 2.45) is 5.73 Å². The third-order valence-electron chi connectivity index (χ3n) is 5.06. The highest BCUT2D eigenvalue weighted by Gasteiger charge is 2.27. The lowest BCUT2D eigenvalue weighted by Gasteiger charge is -2.17. The Bertz CT molecular complexity index is 1360. The molecule has 0 saturated carbocycles. The lowest BCUT2D eigenvalue weighted by Crippen LogP contribution is -2.11. The van der Waals surface area contributed by atoms with Crippen LogP contribution in [0.4, 0.5) is 0 Å². The van der Waals surface area contributed by atoms with Crippen molar-refractivity contribution in [1.29, 1.82) is 0 Å². The summed E-state index contributed by atoms with van der Waals surface area (Å²) in [6.07, 6.45) is 0. The van der Waals surface area contributed by atoms with Crippen molar-refractivity contribution in [2.45, 2.75) is 6.92 Å². The summed E-state index contributed by atoms with van der Waals surface area (Å²) in [6, 6.07) is 5.97. The molecule has 0 atom stereocenters. The number of fused-ring (bicyclic) bond motifs is 3. The Morgan fingerprint density at radius 2 is 1.36 bits per heavy atom. The smallest absolute Gasteiger partial charge is 0.256 e. The van der Waals surface area contributed by atoms with Gasteiger partial charge in [-0.1, -0.05) is 12.1 Å². The predicted octanol–water partition coefficient (Wildman–Crippen LogP) is 2.79. The van der Waals surface area contributed by atoms with Gasteiger partial charge in [0.1, 0.15) is 28.6 Å². The van der Waals surface area contributed by atoms with E-state index in [0.717, 1.165) is 0 Å². The van der Waals surface area contributed by atoms with Crippen LogP contribution in [0.15, 0.2) is 24.3 Å². The average molecular weight is 381 g/mol. The predicted molar refractivity (Wildman–Crippen MR) is 102 cm³/mol. The number of carbonyl (C=O) groups excluding carboxylic acids is 1. The molecule has 0 aliphatic rings. The third-order valence-corrected chi connectivity index (χ3v) is 5.06. The molecule has 0 fully saturated rings. The number of aromatic hydroxyl groups is 6. The van der Waals surface area contributed by atoms with Crippen molar-refractivity contribution in [3.05, 3.63) is 35.4 Å². The van der Waals surface area contributed by atoms with Crippen LogP contribution in [0.5, 0.6) is 34.5 Å². The van der Waals surface area contributed by atoms with Crippen molar-refractivity contribution >= 4 is 38.2 Å². The number of hydrogen-bond donors (Lipinski definition) is 7. The second-order valence-corrected chi connectivity index (χ2v) is 6.53. The molecule has 0 heterocycles. The van der Waals surface area contributed by atoms with E-state index in [1.165, 1.54) is 12.1 Å². The summed E-state index contributed by atoms with van der Waals surface area (Å²) < 4.78 is 0. The fraction of sp³-hybridized carbons (Fsp3) is 0.0500. The maximum absolute atomic E-state index is 11.6. The number of hydrogen-bond acceptors (Lipinski definition) is 7. The van der Waals surface area contributed by atoms with E-state index in [0.29, 0.717) is 16.3 Å². The van der Waals surface area contributed by atoms with Crippen LogP contribution >= 0.6 is 0 Å². The number of phenolic OH excluding ortho intramolecular Hbond substituents is 4. The number of amides is 1. The zero-order valence-electron chi connectivity index (χ0n) is 14.5. The molecule has 0 unspecified atom stereocenters. The van der Waals surface area contributed by atoms with Crippen LogP contribution in [-0.4, -0.2) is 36.5 Å². The topological polar surface area (TPSA) is 164 Å². The highest BCUT2D eigenvalue weighted by Crippen LogP contribution is 2.53. The second-order valence-electron chi connectivity index (χ2n) is 6.53. The van der Waals surface area contributed by atoms with Gasteiger partial charge < -0.3 is 36.4 Å². The minimum atomic E-state index is -1.22. The molecule has 28 heavy (non-hydrogen) atoms. The van der Waals surface area contributed by atoms with Gasteiger partial charge in [0.25, 0.3) is 5.91 Å². The van der Waals surface area contributed by atoms with Gasteiger partial charge in [-0.15, -0.1) is 0 Å². The molecule has 4 aromatic rings. The third kappa shape index (κ3) is 1.96. The molecule has 0 spiro atoms. The zero-order valence-corrected chi connectivity index (χ0v) is 14.5. The monoisotopic (exact) mass is 381 g/mol.